The monoisotopic (exact) mass is 279 g/mol. The van der Waals surface area contributed by atoms with E-state index in [2.05, 4.69) is 5.32 Å². The molecule has 0 saturated heterocycles. The maximum absolute atomic E-state index is 11.4. The Morgan fingerprint density at radius 1 is 1.45 bits per heavy atom. The molecule has 1 aromatic rings. The van der Waals surface area contributed by atoms with Crippen LogP contribution in [0, 0.1) is 6.92 Å². The number of hydrogen-bond donors (Lipinski definition) is 2. The number of hydrogen-bond acceptors (Lipinski definition) is 4. The van der Waals surface area contributed by atoms with Crippen molar-refractivity contribution in [2.45, 2.75) is 37.8 Å². The zero-order valence-corrected chi connectivity index (χ0v) is 12.1. The fourth-order valence-corrected chi connectivity index (χ4v) is 2.68. The number of rotatable bonds is 5. The van der Waals surface area contributed by atoms with Gasteiger partial charge in [0, 0.05) is 6.42 Å². The second-order valence-corrected chi connectivity index (χ2v) is 5.27. The third-order valence-electron chi connectivity index (χ3n) is 3.97. The number of aryl methyl sites for hydroxylation is 1. The lowest BCUT2D eigenvalue weighted by Crippen LogP contribution is -2.48. The third-order valence-corrected chi connectivity index (χ3v) is 3.97. The summed E-state index contributed by atoms with van der Waals surface area (Å²) in [5, 5.41) is 12.3. The lowest BCUT2D eigenvalue weighted by atomic mass is 9.98. The van der Waals surface area contributed by atoms with Crippen molar-refractivity contribution in [2.24, 2.45) is 0 Å². The Kier molecular flexibility index (Phi) is 4.18. The van der Waals surface area contributed by atoms with Gasteiger partial charge in [-0.25, -0.2) is 0 Å². The molecule has 0 aromatic heterocycles. The summed E-state index contributed by atoms with van der Waals surface area (Å²) in [6.07, 6.45) is 1.62. The number of carbonyl (C=O) groups is 1. The van der Waals surface area contributed by atoms with Crippen LogP contribution in [-0.2, 0) is 4.79 Å². The molecule has 2 atom stereocenters. The predicted molar refractivity (Wildman–Crippen MR) is 75.4 cm³/mol. The van der Waals surface area contributed by atoms with Gasteiger partial charge < -0.3 is 19.9 Å². The summed E-state index contributed by atoms with van der Waals surface area (Å²) in [6, 6.07) is 5.73. The van der Waals surface area contributed by atoms with Crippen molar-refractivity contribution in [3.63, 3.8) is 0 Å². The lowest BCUT2D eigenvalue weighted by Gasteiger charge is -2.23. The number of carboxylic acid groups (broad SMARTS) is 1. The fraction of sp³-hybridized carbons (Fsp3) is 0.533. The van der Waals surface area contributed by atoms with Gasteiger partial charge in [-0.3, -0.25) is 4.79 Å². The average Bonchev–Trinajstić information content (AvgIpc) is 2.85. The summed E-state index contributed by atoms with van der Waals surface area (Å²) < 4.78 is 11.2. The van der Waals surface area contributed by atoms with E-state index in [1.54, 1.807) is 14.2 Å². The molecule has 110 valence electrons. The molecule has 0 amide bonds. The van der Waals surface area contributed by atoms with E-state index in [1.807, 2.05) is 25.1 Å². The Labute approximate surface area is 118 Å². The van der Waals surface area contributed by atoms with Crippen LogP contribution < -0.4 is 14.8 Å². The van der Waals surface area contributed by atoms with Crippen molar-refractivity contribution < 1.29 is 19.4 Å². The fourth-order valence-electron chi connectivity index (χ4n) is 2.68. The van der Waals surface area contributed by atoms with E-state index in [0.29, 0.717) is 30.8 Å². The molecular weight excluding hydrogens is 258 g/mol. The molecule has 5 heteroatoms. The smallest absolute Gasteiger partial charge is 0.324 e. The SMILES string of the molecule is CNC1(C(=O)O)CCC(Oc2ccc(C)cc2OC)C1. The number of likely N-dealkylation sites (N-methyl/N-ethyl adjacent to an activating group) is 1. The van der Waals surface area contributed by atoms with Gasteiger partial charge in [-0.05, 0) is 44.5 Å². The van der Waals surface area contributed by atoms with Gasteiger partial charge in [-0.2, -0.15) is 0 Å². The predicted octanol–water partition coefficient (Wildman–Crippen LogP) is 1.98. The maximum Gasteiger partial charge on any atom is 0.324 e. The van der Waals surface area contributed by atoms with Crippen LogP contribution in [0.1, 0.15) is 24.8 Å². The van der Waals surface area contributed by atoms with Gasteiger partial charge in [0.05, 0.1) is 7.11 Å². The molecule has 0 spiro atoms. The summed E-state index contributed by atoms with van der Waals surface area (Å²) in [5.41, 5.74) is 0.221. The molecule has 1 aliphatic carbocycles. The highest BCUT2D eigenvalue weighted by Crippen LogP contribution is 2.36. The van der Waals surface area contributed by atoms with Gasteiger partial charge in [0.25, 0.3) is 0 Å². The van der Waals surface area contributed by atoms with Gasteiger partial charge in [0.1, 0.15) is 11.6 Å². The van der Waals surface area contributed by atoms with Crippen LogP contribution in [0.4, 0.5) is 0 Å². The van der Waals surface area contributed by atoms with Crippen molar-refractivity contribution in [1.82, 2.24) is 5.32 Å². The van der Waals surface area contributed by atoms with Gasteiger partial charge in [0.15, 0.2) is 11.5 Å². The number of aliphatic carboxylic acids is 1. The minimum absolute atomic E-state index is 0.116. The molecule has 2 unspecified atom stereocenters. The van der Waals surface area contributed by atoms with Gasteiger partial charge in [-0.1, -0.05) is 6.07 Å². The molecule has 0 aliphatic heterocycles. The van der Waals surface area contributed by atoms with E-state index in [1.165, 1.54) is 0 Å². The summed E-state index contributed by atoms with van der Waals surface area (Å²) in [4.78, 5) is 11.4. The molecule has 0 bridgehead atoms. The molecular formula is C15H21NO4. The second kappa shape index (κ2) is 5.71. The quantitative estimate of drug-likeness (QED) is 0.862. The number of methoxy groups -OCH3 is 1. The average molecular weight is 279 g/mol. The van der Waals surface area contributed by atoms with Crippen LogP contribution in [0.2, 0.25) is 0 Å². The Hall–Kier alpha value is -1.75. The van der Waals surface area contributed by atoms with Crippen LogP contribution in [0.25, 0.3) is 0 Å². The highest BCUT2D eigenvalue weighted by molar-refractivity contribution is 5.79. The number of nitrogens with one attached hydrogen (secondary N) is 1. The lowest BCUT2D eigenvalue weighted by molar-refractivity contribution is -0.144. The van der Waals surface area contributed by atoms with E-state index in [-0.39, 0.29) is 6.10 Å². The summed E-state index contributed by atoms with van der Waals surface area (Å²) in [5.74, 6) is 0.532. The minimum Gasteiger partial charge on any atom is -0.493 e. The summed E-state index contributed by atoms with van der Waals surface area (Å²) in [6.45, 7) is 1.98. The van der Waals surface area contributed by atoms with Crippen molar-refractivity contribution in [2.75, 3.05) is 14.2 Å². The van der Waals surface area contributed by atoms with Crippen LogP contribution >= 0.6 is 0 Å². The molecule has 5 nitrogen and oxygen atoms in total. The first-order valence-electron chi connectivity index (χ1n) is 6.74. The van der Waals surface area contributed by atoms with Crippen molar-refractivity contribution in [1.29, 1.82) is 0 Å². The van der Waals surface area contributed by atoms with E-state index in [4.69, 9.17) is 9.47 Å². The van der Waals surface area contributed by atoms with Crippen LogP contribution in [0.5, 0.6) is 11.5 Å². The highest BCUT2D eigenvalue weighted by Gasteiger charge is 2.45. The number of benzene rings is 1. The van der Waals surface area contributed by atoms with Crippen molar-refractivity contribution in [3.05, 3.63) is 23.8 Å². The molecule has 2 rings (SSSR count). The molecule has 0 heterocycles. The Morgan fingerprint density at radius 3 is 2.75 bits per heavy atom. The van der Waals surface area contributed by atoms with E-state index in [0.717, 1.165) is 5.56 Å². The largest absolute Gasteiger partial charge is 0.493 e. The minimum atomic E-state index is -0.872. The van der Waals surface area contributed by atoms with Crippen molar-refractivity contribution in [3.8, 4) is 11.5 Å². The normalized spacial score (nSPS) is 25.4. The van der Waals surface area contributed by atoms with Gasteiger partial charge in [0.2, 0.25) is 0 Å². The third kappa shape index (κ3) is 2.72. The maximum atomic E-state index is 11.4. The molecule has 1 aliphatic rings. The Morgan fingerprint density at radius 2 is 2.20 bits per heavy atom. The number of carboxylic acids is 1. The molecule has 1 aromatic carbocycles. The molecule has 20 heavy (non-hydrogen) atoms. The van der Waals surface area contributed by atoms with Crippen LogP contribution in [-0.4, -0.2) is 36.9 Å². The Bertz CT molecular complexity index is 503. The van der Waals surface area contributed by atoms with Crippen LogP contribution in [0.3, 0.4) is 0 Å². The van der Waals surface area contributed by atoms with E-state index >= 15 is 0 Å². The molecule has 1 saturated carbocycles. The summed E-state index contributed by atoms with van der Waals surface area (Å²) in [7, 11) is 3.29. The molecule has 2 N–H and O–H groups in total. The first-order valence-corrected chi connectivity index (χ1v) is 6.74. The van der Waals surface area contributed by atoms with E-state index < -0.39 is 11.5 Å². The second-order valence-electron chi connectivity index (χ2n) is 5.27. The first kappa shape index (κ1) is 14.7. The molecule has 0 radical (unpaired) electrons. The van der Waals surface area contributed by atoms with Gasteiger partial charge >= 0.3 is 5.97 Å². The van der Waals surface area contributed by atoms with Crippen LogP contribution in [0.15, 0.2) is 18.2 Å². The topological polar surface area (TPSA) is 67.8 Å². The van der Waals surface area contributed by atoms with Crippen molar-refractivity contribution >= 4 is 5.97 Å². The standard InChI is InChI=1S/C15H21NO4/c1-10-4-5-12(13(8-10)19-3)20-11-6-7-15(9-11,16-2)14(17)18/h4-5,8,11,16H,6-7,9H2,1-3H3,(H,17,18). The molecule has 1 fully saturated rings. The van der Waals surface area contributed by atoms with E-state index in [9.17, 15) is 9.90 Å². The highest BCUT2D eigenvalue weighted by atomic mass is 16.5. The zero-order valence-electron chi connectivity index (χ0n) is 12.1. The van der Waals surface area contributed by atoms with Gasteiger partial charge in [-0.15, -0.1) is 0 Å². The Balaban J connectivity index is 2.11. The zero-order chi connectivity index (χ0) is 14.8. The number of ether oxygens (including phenoxy) is 2. The summed E-state index contributed by atoms with van der Waals surface area (Å²) >= 11 is 0. The first-order chi connectivity index (χ1) is 9.50.